The molecule has 53 heavy (non-hydrogen) atoms. The summed E-state index contributed by atoms with van der Waals surface area (Å²) < 4.78 is 38.3. The number of methoxy groups -OCH3 is 2. The molecular weight excluding hydrogens is 686 g/mol. The van der Waals surface area contributed by atoms with Crippen LogP contribution in [0.4, 0.5) is 14.4 Å². The van der Waals surface area contributed by atoms with Crippen LogP contribution >= 0.6 is 0 Å². The lowest BCUT2D eigenvalue weighted by Gasteiger charge is -2.25. The van der Waals surface area contributed by atoms with Gasteiger partial charge >= 0.3 is 18.4 Å². The molecule has 0 spiro atoms. The minimum Gasteiger partial charge on any atom is -0.493 e. The molecule has 0 atom stereocenters. The zero-order valence-corrected chi connectivity index (χ0v) is 30.3. The predicted molar refractivity (Wildman–Crippen MR) is 193 cm³/mol. The van der Waals surface area contributed by atoms with Gasteiger partial charge < -0.3 is 38.1 Å². The molecule has 0 aromatic heterocycles. The molecule has 0 heterocycles. The van der Waals surface area contributed by atoms with Crippen LogP contribution in [-0.4, -0.2) is 69.3 Å². The number of aldehydes is 2. The van der Waals surface area contributed by atoms with Crippen molar-refractivity contribution in [3.63, 3.8) is 0 Å². The maximum absolute atomic E-state index is 13.0. The summed E-state index contributed by atoms with van der Waals surface area (Å²) in [5, 5.41) is 0. The van der Waals surface area contributed by atoms with Crippen molar-refractivity contribution in [1.29, 1.82) is 0 Å². The highest BCUT2D eigenvalue weighted by Crippen LogP contribution is 2.46. The van der Waals surface area contributed by atoms with E-state index in [0.29, 0.717) is 23.7 Å². The molecule has 0 fully saturated rings. The fourth-order valence-corrected chi connectivity index (χ4v) is 5.11. The number of amides is 1. The normalized spacial score (nSPS) is 10.8. The van der Waals surface area contributed by atoms with Crippen molar-refractivity contribution in [2.75, 3.05) is 27.8 Å². The van der Waals surface area contributed by atoms with Crippen molar-refractivity contribution < 1.29 is 57.1 Å². The average molecular weight is 728 g/mol. The van der Waals surface area contributed by atoms with Crippen molar-refractivity contribution in [2.45, 2.75) is 46.0 Å². The van der Waals surface area contributed by atoms with E-state index in [1.54, 1.807) is 69.3 Å². The van der Waals surface area contributed by atoms with Crippen LogP contribution in [0.3, 0.4) is 0 Å². The van der Waals surface area contributed by atoms with Gasteiger partial charge in [0.25, 0.3) is 0 Å². The summed E-state index contributed by atoms with van der Waals surface area (Å²) in [7, 11) is 4.15. The number of carbonyl (C=O) groups excluding carboxylic acids is 5. The lowest BCUT2D eigenvalue weighted by atomic mass is 9.90. The highest BCUT2D eigenvalue weighted by Gasteiger charge is 2.28. The summed E-state index contributed by atoms with van der Waals surface area (Å²) in [6.07, 6.45) is -1.58. The van der Waals surface area contributed by atoms with E-state index < -0.39 is 24.0 Å². The van der Waals surface area contributed by atoms with Crippen molar-refractivity contribution in [3.8, 4) is 34.1 Å². The van der Waals surface area contributed by atoms with Gasteiger partial charge in [-0.05, 0) is 62.1 Å². The number of rotatable bonds is 14. The standard InChI is InChI=1S/C40H41NO12/c1-40(2,3)53-37(44)41(4)18-17-28-19-34(52-39(46)50-25-27-15-11-8-12-16-27)36(48-6)35(31(28)23-43)30-21-32(47-5)33(20-29(30)22-42)51-38(45)49-24-26-13-9-7-10-14-26/h7-16,19-23H,17-18,24-25H2,1-6H3. The second-order valence-electron chi connectivity index (χ2n) is 12.6. The number of carbonyl (C=O) groups is 5. The number of likely N-dealkylation sites (N-methyl/N-ethyl adjacent to an activating group) is 1. The Kier molecular flexibility index (Phi) is 13.5. The number of hydrogen-bond donors (Lipinski definition) is 0. The maximum Gasteiger partial charge on any atom is 0.514 e. The van der Waals surface area contributed by atoms with Gasteiger partial charge in [0.05, 0.1) is 14.2 Å². The van der Waals surface area contributed by atoms with Crippen molar-refractivity contribution in [3.05, 3.63) is 107 Å². The Hall–Kier alpha value is -6.37. The third-order valence-electron chi connectivity index (χ3n) is 7.63. The first-order valence-corrected chi connectivity index (χ1v) is 16.4. The molecule has 278 valence electrons. The molecule has 4 rings (SSSR count). The highest BCUT2D eigenvalue weighted by atomic mass is 16.7. The molecular formula is C40H41NO12. The van der Waals surface area contributed by atoms with Gasteiger partial charge in [0, 0.05) is 35.8 Å². The van der Waals surface area contributed by atoms with Gasteiger partial charge in [0.2, 0.25) is 0 Å². The minimum absolute atomic E-state index is 0.000893. The van der Waals surface area contributed by atoms with E-state index in [1.165, 1.54) is 44.4 Å². The monoisotopic (exact) mass is 727 g/mol. The summed E-state index contributed by atoms with van der Waals surface area (Å²) in [6, 6.07) is 22.0. The fraction of sp³-hybridized carbons (Fsp3) is 0.275. The number of ether oxygens (including phenoxy) is 7. The number of nitrogens with zero attached hydrogens (tertiary/aromatic N) is 1. The number of hydrogen-bond acceptors (Lipinski definition) is 12. The van der Waals surface area contributed by atoms with Gasteiger partial charge in [-0.2, -0.15) is 0 Å². The molecule has 0 unspecified atom stereocenters. The van der Waals surface area contributed by atoms with Gasteiger partial charge in [-0.1, -0.05) is 60.7 Å². The van der Waals surface area contributed by atoms with Gasteiger partial charge in [-0.3, -0.25) is 9.59 Å². The van der Waals surface area contributed by atoms with E-state index >= 15 is 0 Å². The summed E-state index contributed by atoms with van der Waals surface area (Å²) in [6.45, 7) is 5.15. The van der Waals surface area contributed by atoms with Crippen LogP contribution in [0.1, 0.15) is 58.2 Å². The molecule has 1 amide bonds. The lowest BCUT2D eigenvalue weighted by Crippen LogP contribution is -2.35. The lowest BCUT2D eigenvalue weighted by molar-refractivity contribution is 0.0300. The van der Waals surface area contributed by atoms with Crippen LogP contribution in [0, 0.1) is 0 Å². The Morgan fingerprint density at radius 3 is 1.77 bits per heavy atom. The summed E-state index contributed by atoms with van der Waals surface area (Å²) >= 11 is 0. The smallest absolute Gasteiger partial charge is 0.493 e. The molecule has 4 aromatic rings. The van der Waals surface area contributed by atoms with Gasteiger partial charge in [-0.15, -0.1) is 0 Å². The van der Waals surface area contributed by atoms with E-state index in [2.05, 4.69) is 0 Å². The predicted octanol–water partition coefficient (Wildman–Crippen LogP) is 7.84. The first-order chi connectivity index (χ1) is 25.4. The Balaban J connectivity index is 1.77. The Morgan fingerprint density at radius 2 is 1.28 bits per heavy atom. The zero-order valence-electron chi connectivity index (χ0n) is 30.3. The van der Waals surface area contributed by atoms with E-state index in [0.717, 1.165) is 5.56 Å². The van der Waals surface area contributed by atoms with Crippen molar-refractivity contribution in [2.24, 2.45) is 0 Å². The second kappa shape index (κ2) is 18.2. The molecule has 0 N–H and O–H groups in total. The molecule has 0 aliphatic heterocycles. The Morgan fingerprint density at radius 1 is 0.717 bits per heavy atom. The van der Waals surface area contributed by atoms with Crippen LogP contribution in [0.5, 0.6) is 23.0 Å². The van der Waals surface area contributed by atoms with E-state index in [9.17, 15) is 24.0 Å². The van der Waals surface area contributed by atoms with Crippen LogP contribution in [0.25, 0.3) is 11.1 Å². The molecule has 0 aliphatic carbocycles. The quantitative estimate of drug-likeness (QED) is 0.0538. The third kappa shape index (κ3) is 10.8. The van der Waals surface area contributed by atoms with Crippen LogP contribution in [0.2, 0.25) is 0 Å². The molecule has 0 bridgehead atoms. The molecule has 4 aromatic carbocycles. The largest absolute Gasteiger partial charge is 0.514 e. The Labute approximate surface area is 307 Å². The average Bonchev–Trinajstić information content (AvgIpc) is 3.14. The minimum atomic E-state index is -1.07. The van der Waals surface area contributed by atoms with E-state index in [-0.39, 0.29) is 71.4 Å². The SMILES string of the molecule is COc1cc(-c2c(C=O)c(CCN(C)C(=O)OC(C)(C)C)cc(OC(=O)OCc3ccccc3)c2OC)c(C=O)cc1OC(=O)OCc1ccccc1. The first kappa shape index (κ1) is 39.4. The topological polar surface area (TPSA) is 153 Å². The molecule has 0 saturated carbocycles. The van der Waals surface area contributed by atoms with Crippen LogP contribution in [0.15, 0.2) is 78.9 Å². The molecule has 0 radical (unpaired) electrons. The molecule has 13 nitrogen and oxygen atoms in total. The van der Waals surface area contributed by atoms with Crippen LogP contribution < -0.4 is 18.9 Å². The summed E-state index contributed by atoms with van der Waals surface area (Å²) in [5.41, 5.74) is 1.23. The van der Waals surface area contributed by atoms with Gasteiger partial charge in [0.15, 0.2) is 35.6 Å². The molecule has 0 aliphatic rings. The van der Waals surface area contributed by atoms with Crippen molar-refractivity contribution >= 4 is 31.0 Å². The summed E-state index contributed by atoms with van der Waals surface area (Å²) in [4.78, 5) is 65.2. The van der Waals surface area contributed by atoms with E-state index in [1.807, 2.05) is 12.1 Å². The fourth-order valence-electron chi connectivity index (χ4n) is 5.11. The van der Waals surface area contributed by atoms with Gasteiger partial charge in [0.1, 0.15) is 18.8 Å². The molecule has 13 heteroatoms. The molecule has 0 saturated heterocycles. The van der Waals surface area contributed by atoms with Crippen molar-refractivity contribution in [1.82, 2.24) is 4.90 Å². The first-order valence-electron chi connectivity index (χ1n) is 16.4. The van der Waals surface area contributed by atoms with Gasteiger partial charge in [-0.25, -0.2) is 14.4 Å². The second-order valence-corrected chi connectivity index (χ2v) is 12.6. The van der Waals surface area contributed by atoms with Crippen LogP contribution in [-0.2, 0) is 33.8 Å². The summed E-state index contributed by atoms with van der Waals surface area (Å²) in [5.74, 6) is -0.365. The third-order valence-corrected chi connectivity index (χ3v) is 7.63. The zero-order chi connectivity index (χ0) is 38.5. The van der Waals surface area contributed by atoms with E-state index in [4.69, 9.17) is 33.2 Å². The highest BCUT2D eigenvalue weighted by molar-refractivity contribution is 6.00. The Bertz CT molecular complexity index is 1920. The maximum atomic E-state index is 13.0. The number of benzene rings is 4.